The summed E-state index contributed by atoms with van der Waals surface area (Å²) in [5, 5.41) is 0. The summed E-state index contributed by atoms with van der Waals surface area (Å²) in [7, 11) is 0. The third kappa shape index (κ3) is 2.88. The molecule has 1 aliphatic rings. The normalized spacial score (nSPS) is 24.8. The molecule has 0 radical (unpaired) electrons. The van der Waals surface area contributed by atoms with E-state index in [-0.39, 0.29) is 22.6 Å². The summed E-state index contributed by atoms with van der Waals surface area (Å²) in [6.07, 6.45) is 1.16. The maximum atomic E-state index is 11.5. The average Bonchev–Trinajstić information content (AvgIpc) is 1.97. The van der Waals surface area contributed by atoms with Crippen LogP contribution in [0.15, 0.2) is 0 Å². The van der Waals surface area contributed by atoms with E-state index >= 15 is 0 Å². The zero-order chi connectivity index (χ0) is 11.0. The van der Waals surface area contributed by atoms with Gasteiger partial charge in [0.1, 0.15) is 5.88 Å². The highest BCUT2D eigenvalue weighted by Gasteiger charge is 2.38. The highest BCUT2D eigenvalue weighted by atomic mass is 35.5. The summed E-state index contributed by atoms with van der Waals surface area (Å²) < 4.78 is 0. The second-order valence-electron chi connectivity index (χ2n) is 5.89. The predicted molar refractivity (Wildman–Crippen MR) is 59.5 cm³/mol. The lowest BCUT2D eigenvalue weighted by Crippen LogP contribution is -2.51. The second kappa shape index (κ2) is 3.73. The van der Waals surface area contributed by atoms with Gasteiger partial charge in [-0.15, -0.1) is 11.6 Å². The highest BCUT2D eigenvalue weighted by Crippen LogP contribution is 2.39. The monoisotopic (exact) mass is 217 g/mol. The number of hydrogen-bond acceptors (Lipinski definition) is 1. The van der Waals surface area contributed by atoms with Crippen LogP contribution in [0.3, 0.4) is 0 Å². The number of carbonyl (C=O) groups is 1. The molecule has 0 aromatic carbocycles. The SMILES string of the molecule is CC1(C)CN(C(=O)CCl)CC(C)(C)C1. The molecule has 1 amide bonds. The first-order valence-corrected chi connectivity index (χ1v) is 5.63. The van der Waals surface area contributed by atoms with Crippen LogP contribution in [0.25, 0.3) is 0 Å². The van der Waals surface area contributed by atoms with E-state index in [9.17, 15) is 4.79 Å². The maximum absolute atomic E-state index is 11.5. The molecule has 0 unspecified atom stereocenters. The van der Waals surface area contributed by atoms with E-state index in [1.807, 2.05) is 4.90 Å². The molecule has 0 aromatic heterocycles. The Kier molecular flexibility index (Phi) is 3.15. The Morgan fingerprint density at radius 1 is 1.21 bits per heavy atom. The van der Waals surface area contributed by atoms with Gasteiger partial charge in [0, 0.05) is 13.1 Å². The molecule has 3 heteroatoms. The Hall–Kier alpha value is -0.240. The Morgan fingerprint density at radius 3 is 2.00 bits per heavy atom. The zero-order valence-corrected chi connectivity index (χ0v) is 10.3. The fourth-order valence-electron chi connectivity index (χ4n) is 2.76. The Balaban J connectivity index is 2.76. The maximum Gasteiger partial charge on any atom is 0.237 e. The van der Waals surface area contributed by atoms with Crippen molar-refractivity contribution < 1.29 is 4.79 Å². The minimum absolute atomic E-state index is 0.0625. The first-order chi connectivity index (χ1) is 6.26. The largest absolute Gasteiger partial charge is 0.341 e. The Bertz CT molecular complexity index is 219. The molecular weight excluding hydrogens is 198 g/mol. The number of rotatable bonds is 1. The molecule has 0 aliphatic carbocycles. The second-order valence-corrected chi connectivity index (χ2v) is 6.16. The number of amides is 1. The Morgan fingerprint density at radius 2 is 1.64 bits per heavy atom. The van der Waals surface area contributed by atoms with Gasteiger partial charge < -0.3 is 4.90 Å². The van der Waals surface area contributed by atoms with E-state index in [2.05, 4.69) is 27.7 Å². The van der Waals surface area contributed by atoms with Crippen LogP contribution in [0, 0.1) is 10.8 Å². The summed E-state index contributed by atoms with van der Waals surface area (Å²) in [4.78, 5) is 13.4. The van der Waals surface area contributed by atoms with Crippen molar-refractivity contribution in [3.8, 4) is 0 Å². The third-order valence-corrected chi connectivity index (χ3v) is 2.89. The van der Waals surface area contributed by atoms with Gasteiger partial charge in [-0.05, 0) is 17.3 Å². The van der Waals surface area contributed by atoms with Gasteiger partial charge in [0.25, 0.3) is 0 Å². The van der Waals surface area contributed by atoms with Crippen molar-refractivity contribution in [2.24, 2.45) is 10.8 Å². The zero-order valence-electron chi connectivity index (χ0n) is 9.56. The molecule has 0 spiro atoms. The average molecular weight is 218 g/mol. The first-order valence-electron chi connectivity index (χ1n) is 5.10. The lowest BCUT2D eigenvalue weighted by atomic mass is 9.71. The van der Waals surface area contributed by atoms with E-state index in [0.29, 0.717) is 0 Å². The van der Waals surface area contributed by atoms with Gasteiger partial charge in [-0.3, -0.25) is 4.79 Å². The highest BCUT2D eigenvalue weighted by molar-refractivity contribution is 6.27. The number of carbonyl (C=O) groups excluding carboxylic acids is 1. The van der Waals surface area contributed by atoms with Crippen LogP contribution >= 0.6 is 11.6 Å². The van der Waals surface area contributed by atoms with E-state index in [1.165, 1.54) is 0 Å². The first kappa shape index (κ1) is 11.8. The van der Waals surface area contributed by atoms with Crippen LogP contribution in [0.4, 0.5) is 0 Å². The number of halogens is 1. The van der Waals surface area contributed by atoms with Crippen molar-refractivity contribution in [1.82, 2.24) is 4.90 Å². The standard InChI is InChI=1S/C11H20ClNO/c1-10(2)6-11(3,4)8-13(7-10)9(14)5-12/h5-8H2,1-4H3. The smallest absolute Gasteiger partial charge is 0.237 e. The Labute approximate surface area is 91.6 Å². The third-order valence-electron chi connectivity index (χ3n) is 2.66. The number of piperidine rings is 1. The van der Waals surface area contributed by atoms with Gasteiger partial charge in [-0.2, -0.15) is 0 Å². The molecule has 2 nitrogen and oxygen atoms in total. The van der Waals surface area contributed by atoms with Crippen molar-refractivity contribution in [3.05, 3.63) is 0 Å². The van der Waals surface area contributed by atoms with Crippen LogP contribution in [0.5, 0.6) is 0 Å². The van der Waals surface area contributed by atoms with Crippen LogP contribution in [0.1, 0.15) is 34.1 Å². The molecule has 0 aromatic rings. The van der Waals surface area contributed by atoms with Crippen LogP contribution in [-0.2, 0) is 4.79 Å². The van der Waals surface area contributed by atoms with Crippen molar-refractivity contribution >= 4 is 17.5 Å². The van der Waals surface area contributed by atoms with Gasteiger partial charge >= 0.3 is 0 Å². The van der Waals surface area contributed by atoms with E-state index in [4.69, 9.17) is 11.6 Å². The molecule has 0 atom stereocenters. The van der Waals surface area contributed by atoms with Crippen LogP contribution < -0.4 is 0 Å². The quantitative estimate of drug-likeness (QED) is 0.619. The molecule has 1 fully saturated rings. The number of hydrogen-bond donors (Lipinski definition) is 0. The lowest BCUT2D eigenvalue weighted by Gasteiger charge is -2.46. The van der Waals surface area contributed by atoms with Gasteiger partial charge in [0.15, 0.2) is 0 Å². The van der Waals surface area contributed by atoms with Crippen molar-refractivity contribution in [2.45, 2.75) is 34.1 Å². The molecule has 0 N–H and O–H groups in total. The topological polar surface area (TPSA) is 20.3 Å². The fraction of sp³-hybridized carbons (Fsp3) is 0.909. The summed E-state index contributed by atoms with van der Waals surface area (Å²) >= 11 is 5.58. The minimum atomic E-state index is 0.0625. The molecule has 1 aliphatic heterocycles. The van der Waals surface area contributed by atoms with Crippen LogP contribution in [-0.4, -0.2) is 29.8 Å². The van der Waals surface area contributed by atoms with Gasteiger partial charge in [0.2, 0.25) is 5.91 Å². The van der Waals surface area contributed by atoms with Gasteiger partial charge in [-0.25, -0.2) is 0 Å². The molecule has 1 saturated heterocycles. The summed E-state index contributed by atoms with van der Waals surface area (Å²) in [6.45, 7) is 10.5. The lowest BCUT2D eigenvalue weighted by molar-refractivity contribution is -0.135. The van der Waals surface area contributed by atoms with Gasteiger partial charge in [-0.1, -0.05) is 27.7 Å². The fourth-order valence-corrected chi connectivity index (χ4v) is 2.93. The van der Waals surface area contributed by atoms with Crippen molar-refractivity contribution in [3.63, 3.8) is 0 Å². The van der Waals surface area contributed by atoms with Crippen LogP contribution in [0.2, 0.25) is 0 Å². The van der Waals surface area contributed by atoms with Gasteiger partial charge in [0.05, 0.1) is 0 Å². The number of nitrogens with zero attached hydrogens (tertiary/aromatic N) is 1. The van der Waals surface area contributed by atoms with E-state index in [1.54, 1.807) is 0 Å². The van der Waals surface area contributed by atoms with Crippen molar-refractivity contribution in [2.75, 3.05) is 19.0 Å². The number of alkyl halides is 1. The molecule has 14 heavy (non-hydrogen) atoms. The molecule has 1 rings (SSSR count). The molecule has 1 heterocycles. The van der Waals surface area contributed by atoms with Crippen molar-refractivity contribution in [1.29, 1.82) is 0 Å². The molecule has 0 saturated carbocycles. The number of likely N-dealkylation sites (tertiary alicyclic amines) is 1. The van der Waals surface area contributed by atoms with E-state index in [0.717, 1.165) is 19.5 Å². The summed E-state index contributed by atoms with van der Waals surface area (Å²) in [5.74, 6) is 0.166. The molecular formula is C11H20ClNO. The minimum Gasteiger partial charge on any atom is -0.341 e. The summed E-state index contributed by atoms with van der Waals surface area (Å²) in [6, 6.07) is 0. The predicted octanol–water partition coefficient (Wildman–Crippen LogP) is 2.51. The molecule has 82 valence electrons. The summed E-state index contributed by atoms with van der Waals surface area (Å²) in [5.41, 5.74) is 0.424. The van der Waals surface area contributed by atoms with E-state index < -0.39 is 0 Å². The molecule has 0 bridgehead atoms.